The van der Waals surface area contributed by atoms with Crippen molar-refractivity contribution in [2.75, 3.05) is 0 Å². The van der Waals surface area contributed by atoms with Crippen LogP contribution in [0.25, 0.3) is 83.4 Å². The maximum atomic E-state index is 9.22. The molecule has 11 aromatic rings. The molecule has 0 atom stereocenters. The number of nitrogens with zero attached hydrogens (tertiary/aromatic N) is 4. The summed E-state index contributed by atoms with van der Waals surface area (Å²) in [4.78, 5) is 5.08. The van der Waals surface area contributed by atoms with Gasteiger partial charge in [0.15, 0.2) is 0 Å². The molecule has 3 heterocycles. The van der Waals surface area contributed by atoms with E-state index in [0.717, 1.165) is 72.0 Å². The van der Waals surface area contributed by atoms with Gasteiger partial charge >= 0.3 is 0 Å². The van der Waals surface area contributed by atoms with Crippen molar-refractivity contribution >= 4 is 32.8 Å². The fourth-order valence-corrected chi connectivity index (χ4v) is 9.49. The average molecular weight is 1110 g/mol. The number of imidazole rings is 1. The number of pyridine rings is 1. The standard InChI is InChI=1S/C65H56N4O.Pt/c1-43(2)56-40-62(66-41-57(56)45-23-13-10-14-24-45)69-58-30-16-15-27-54(58)55-34-33-51(39-61(55)69)70-50-26-19-25-49(38-50)67-42-68(60-32-18-17-31-59(60)67)63-52(44-21-11-9-12-22-44)28-20-29-53(63)46-35-47(64(3,4)5)37-48(36-46)65(6,7)8;/h9-37,40-41,43H,1-8H3;/q-2;/i9D,11D,12D,21D,22D;. The van der Waals surface area contributed by atoms with E-state index in [-0.39, 0.29) is 55.5 Å². The molecule has 0 aliphatic heterocycles. The summed E-state index contributed by atoms with van der Waals surface area (Å²) in [6, 6.07) is 56.5. The molecule has 11 rings (SSSR count). The van der Waals surface area contributed by atoms with Crippen LogP contribution < -0.4 is 9.30 Å². The molecule has 0 fully saturated rings. The van der Waals surface area contributed by atoms with E-state index in [1.165, 1.54) is 5.56 Å². The fraction of sp³-hybridized carbons (Fsp3) is 0.169. The zero-order chi connectivity index (χ0) is 52.7. The maximum Gasteiger partial charge on any atom is 0.268 e. The summed E-state index contributed by atoms with van der Waals surface area (Å²) in [6.45, 7) is 17.6. The van der Waals surface area contributed by atoms with Crippen LogP contribution in [-0.2, 0) is 31.9 Å². The largest absolute Gasteiger partial charge is 0.510 e. The average Bonchev–Trinajstić information content (AvgIpc) is 3.99. The summed E-state index contributed by atoms with van der Waals surface area (Å²) >= 11 is 0. The van der Waals surface area contributed by atoms with Crippen molar-refractivity contribution < 1.29 is 37.2 Å². The number of para-hydroxylation sites is 4. The molecular formula is C65H56N4OPt-2. The van der Waals surface area contributed by atoms with Crippen LogP contribution in [0.5, 0.6) is 11.5 Å². The topological polar surface area (TPSA) is 35.9 Å². The minimum absolute atomic E-state index is 0. The van der Waals surface area contributed by atoms with Gasteiger partial charge in [0.2, 0.25) is 0 Å². The van der Waals surface area contributed by atoms with Gasteiger partial charge in [-0.1, -0.05) is 200 Å². The van der Waals surface area contributed by atoms with Crippen molar-refractivity contribution in [3.05, 3.63) is 223 Å². The SMILES string of the molecule is [2H]c1c([2H])c([2H])c(-c2cccc(-c3cc(C(C)(C)C)cc(C(C)(C)C)c3)c2-[n+]2[c-]n(-c3[c-]c(Oc4[c-]c5c(cc4)c4ccccc4n5-c4cc(C(C)C)c(-c5ccccc5)cn4)ccc3)c3ccccc32)c([2H])c1[2H].[Pt]. The zero-order valence-electron chi connectivity index (χ0n) is 46.1. The molecule has 0 unspecified atom stereocenters. The van der Waals surface area contributed by atoms with Crippen LogP contribution in [0.4, 0.5) is 0 Å². The van der Waals surface area contributed by atoms with E-state index in [4.69, 9.17) is 13.8 Å². The van der Waals surface area contributed by atoms with E-state index in [0.29, 0.717) is 28.4 Å². The quantitative estimate of drug-likeness (QED) is 0.107. The van der Waals surface area contributed by atoms with Gasteiger partial charge in [-0.3, -0.25) is 4.57 Å². The van der Waals surface area contributed by atoms with Gasteiger partial charge in [0.05, 0.1) is 23.6 Å². The Morgan fingerprint density at radius 2 is 1.24 bits per heavy atom. The molecule has 0 aliphatic rings. The minimum atomic E-state index is -0.446. The first-order chi connectivity index (χ1) is 35.9. The second kappa shape index (κ2) is 18.8. The predicted molar refractivity (Wildman–Crippen MR) is 288 cm³/mol. The summed E-state index contributed by atoms with van der Waals surface area (Å²) in [5.74, 6) is 2.01. The van der Waals surface area contributed by atoms with E-state index in [1.807, 2.05) is 94.2 Å². The summed E-state index contributed by atoms with van der Waals surface area (Å²) < 4.78 is 57.1. The first-order valence-corrected chi connectivity index (χ1v) is 23.9. The Balaban J connectivity index is 0.00000657. The van der Waals surface area contributed by atoms with E-state index < -0.39 is 18.1 Å². The monoisotopic (exact) mass is 1110 g/mol. The first kappa shape index (κ1) is 41.5. The Kier molecular flexibility index (Phi) is 11.0. The third-order valence-corrected chi connectivity index (χ3v) is 13.2. The smallest absolute Gasteiger partial charge is 0.268 e. The van der Waals surface area contributed by atoms with E-state index in [1.54, 1.807) is 0 Å². The zero-order valence-corrected chi connectivity index (χ0v) is 43.4. The van der Waals surface area contributed by atoms with Crippen LogP contribution in [0.15, 0.2) is 188 Å². The molecule has 0 saturated carbocycles. The molecule has 0 bridgehead atoms. The van der Waals surface area contributed by atoms with Gasteiger partial charge in [-0.2, -0.15) is 18.2 Å². The van der Waals surface area contributed by atoms with Crippen LogP contribution in [0.1, 0.15) is 84.9 Å². The minimum Gasteiger partial charge on any atom is -0.510 e. The van der Waals surface area contributed by atoms with Crippen molar-refractivity contribution in [2.24, 2.45) is 0 Å². The molecule has 0 amide bonds. The molecule has 0 saturated heterocycles. The number of benzene rings is 8. The summed E-state index contributed by atoms with van der Waals surface area (Å²) in [7, 11) is 0. The first-order valence-electron chi connectivity index (χ1n) is 26.4. The van der Waals surface area contributed by atoms with Gasteiger partial charge in [-0.15, -0.1) is 29.7 Å². The van der Waals surface area contributed by atoms with Gasteiger partial charge in [0.25, 0.3) is 6.33 Å². The van der Waals surface area contributed by atoms with Crippen molar-refractivity contribution in [2.45, 2.75) is 72.1 Å². The summed E-state index contributed by atoms with van der Waals surface area (Å²) in [5, 5.41) is 2.11. The second-order valence-corrected chi connectivity index (χ2v) is 20.4. The predicted octanol–water partition coefficient (Wildman–Crippen LogP) is 16.3. The number of ether oxygens (including phenoxy) is 1. The molecule has 6 heteroatoms. The normalized spacial score (nSPS) is 12.9. The molecule has 71 heavy (non-hydrogen) atoms. The van der Waals surface area contributed by atoms with Crippen molar-refractivity contribution in [1.82, 2.24) is 14.1 Å². The van der Waals surface area contributed by atoms with Crippen LogP contribution >= 0.6 is 0 Å². The van der Waals surface area contributed by atoms with Gasteiger partial charge in [0, 0.05) is 49.8 Å². The van der Waals surface area contributed by atoms with Crippen molar-refractivity contribution in [3.63, 3.8) is 0 Å². The van der Waals surface area contributed by atoms with Gasteiger partial charge in [0.1, 0.15) is 5.82 Å². The third-order valence-electron chi connectivity index (χ3n) is 13.2. The Bertz CT molecular complexity index is 3990. The van der Waals surface area contributed by atoms with Crippen LogP contribution in [0.2, 0.25) is 0 Å². The van der Waals surface area contributed by atoms with Crippen molar-refractivity contribution in [3.8, 4) is 62.1 Å². The van der Waals surface area contributed by atoms with E-state index in [9.17, 15) is 2.74 Å². The fourth-order valence-electron chi connectivity index (χ4n) is 9.49. The van der Waals surface area contributed by atoms with Crippen LogP contribution in [0, 0.1) is 18.5 Å². The van der Waals surface area contributed by atoms with Gasteiger partial charge < -0.3 is 13.9 Å². The molecule has 354 valence electrons. The second-order valence-electron chi connectivity index (χ2n) is 20.4. The van der Waals surface area contributed by atoms with Crippen LogP contribution in [-0.4, -0.2) is 14.1 Å². The molecule has 0 spiro atoms. The molecular weight excluding hydrogens is 1050 g/mol. The maximum absolute atomic E-state index is 9.22. The van der Waals surface area contributed by atoms with E-state index >= 15 is 0 Å². The van der Waals surface area contributed by atoms with E-state index in [2.05, 4.69) is 151 Å². The Morgan fingerprint density at radius 1 is 0.592 bits per heavy atom. The number of aromatic nitrogens is 4. The molecule has 0 radical (unpaired) electrons. The Hall–Kier alpha value is -7.33. The molecule has 3 aromatic heterocycles. The van der Waals surface area contributed by atoms with Crippen molar-refractivity contribution in [1.29, 1.82) is 0 Å². The molecule has 5 nitrogen and oxygen atoms in total. The molecule has 0 N–H and O–H groups in total. The van der Waals surface area contributed by atoms with Gasteiger partial charge in [-0.25, -0.2) is 4.98 Å². The number of hydrogen-bond acceptors (Lipinski definition) is 2. The van der Waals surface area contributed by atoms with Gasteiger partial charge in [-0.05, 0) is 84.5 Å². The molecule has 8 aromatic carbocycles. The summed E-state index contributed by atoms with van der Waals surface area (Å²) in [5.41, 5.74) is 12.4. The Morgan fingerprint density at radius 3 is 1.96 bits per heavy atom. The summed E-state index contributed by atoms with van der Waals surface area (Å²) in [6.07, 6.45) is 5.65. The Labute approximate surface area is 439 Å². The number of rotatable bonds is 9. The van der Waals surface area contributed by atoms with Crippen LogP contribution in [0.3, 0.4) is 0 Å². The number of hydrogen-bond donors (Lipinski definition) is 0. The molecule has 0 aliphatic carbocycles. The third kappa shape index (κ3) is 8.94. The number of fused-ring (bicyclic) bond motifs is 4.